The van der Waals surface area contributed by atoms with Crippen molar-refractivity contribution in [3.63, 3.8) is 0 Å². The molecular weight excluding hydrogens is 417 g/mol. The van der Waals surface area contributed by atoms with Gasteiger partial charge in [-0.2, -0.15) is 4.31 Å². The molecule has 8 heteroatoms. The molecule has 0 bridgehead atoms. The van der Waals surface area contributed by atoms with Crippen LogP contribution in [0.4, 0.5) is 4.39 Å². The molecule has 0 aromatic heterocycles. The Kier molecular flexibility index (Phi) is 6.21. The predicted octanol–water partition coefficient (Wildman–Crippen LogP) is 4.88. The number of sulfonamides is 1. The van der Waals surface area contributed by atoms with Crippen molar-refractivity contribution in [3.05, 3.63) is 71.0 Å². The molecule has 0 spiro atoms. The highest BCUT2D eigenvalue weighted by molar-refractivity contribution is 7.89. The first-order valence-corrected chi connectivity index (χ1v) is 10.8. The Morgan fingerprint density at radius 3 is 2.34 bits per heavy atom. The fourth-order valence-corrected chi connectivity index (χ4v) is 4.72. The molecule has 0 aliphatic rings. The smallest absolute Gasteiger partial charge is 0.346 e. The lowest BCUT2D eigenvalue weighted by Gasteiger charge is -2.18. The first-order chi connectivity index (χ1) is 13.8. The number of esters is 1. The summed E-state index contributed by atoms with van der Waals surface area (Å²) in [6.45, 7) is 3.91. The molecule has 0 N–H and O–H groups in total. The predicted molar refractivity (Wildman–Crippen MR) is 110 cm³/mol. The second kappa shape index (κ2) is 8.49. The zero-order valence-electron chi connectivity index (χ0n) is 15.9. The molecule has 3 aromatic carbocycles. The topological polar surface area (TPSA) is 63.7 Å². The van der Waals surface area contributed by atoms with E-state index in [1.807, 2.05) is 0 Å². The maximum Gasteiger partial charge on any atom is 0.346 e. The van der Waals surface area contributed by atoms with Crippen LogP contribution in [-0.2, 0) is 10.0 Å². The zero-order chi connectivity index (χ0) is 21.2. The van der Waals surface area contributed by atoms with Crippen LogP contribution in [-0.4, -0.2) is 31.8 Å². The number of carbonyl (C=O) groups excluding carboxylic acids is 1. The minimum Gasteiger partial charge on any atom is -0.422 e. The number of carbonyl (C=O) groups is 1. The van der Waals surface area contributed by atoms with E-state index in [1.54, 1.807) is 44.2 Å². The van der Waals surface area contributed by atoms with Gasteiger partial charge in [-0.05, 0) is 30.3 Å². The average Bonchev–Trinajstić information content (AvgIpc) is 2.71. The Morgan fingerprint density at radius 1 is 1.03 bits per heavy atom. The molecule has 0 atom stereocenters. The zero-order valence-corrected chi connectivity index (χ0v) is 17.4. The molecule has 0 radical (unpaired) electrons. The average molecular weight is 436 g/mol. The summed E-state index contributed by atoms with van der Waals surface area (Å²) in [5.41, 5.74) is -0.461. The Bertz CT molecular complexity index is 1180. The van der Waals surface area contributed by atoms with Crippen LogP contribution in [0, 0.1) is 5.82 Å². The van der Waals surface area contributed by atoms with Crippen molar-refractivity contribution in [1.29, 1.82) is 0 Å². The van der Waals surface area contributed by atoms with E-state index in [0.717, 1.165) is 18.2 Å². The van der Waals surface area contributed by atoms with Crippen LogP contribution in [0.3, 0.4) is 0 Å². The number of hydrogen-bond acceptors (Lipinski definition) is 4. The van der Waals surface area contributed by atoms with E-state index in [-0.39, 0.29) is 23.7 Å². The van der Waals surface area contributed by atoms with Gasteiger partial charge in [0.1, 0.15) is 11.6 Å². The Balaban J connectivity index is 2.00. The fourth-order valence-electron chi connectivity index (χ4n) is 3.01. The molecule has 0 heterocycles. The third-order valence-corrected chi connectivity index (χ3v) is 6.91. The van der Waals surface area contributed by atoms with Gasteiger partial charge in [-0.15, -0.1) is 0 Å². The van der Waals surface area contributed by atoms with Gasteiger partial charge < -0.3 is 4.74 Å². The summed E-state index contributed by atoms with van der Waals surface area (Å²) in [4.78, 5) is 12.5. The molecule has 0 unspecified atom stereocenters. The molecular formula is C21H19ClFNO4S. The second-order valence-corrected chi connectivity index (χ2v) is 8.56. The molecule has 3 aromatic rings. The summed E-state index contributed by atoms with van der Waals surface area (Å²) >= 11 is 6.16. The number of ether oxygens (including phenoxy) is 1. The highest BCUT2D eigenvalue weighted by atomic mass is 35.5. The van der Waals surface area contributed by atoms with Crippen molar-refractivity contribution in [2.75, 3.05) is 13.1 Å². The lowest BCUT2D eigenvalue weighted by molar-refractivity contribution is 0.0732. The maximum atomic E-state index is 14.3. The van der Waals surface area contributed by atoms with Crippen LogP contribution in [0.1, 0.15) is 24.2 Å². The van der Waals surface area contributed by atoms with Crippen LogP contribution >= 0.6 is 11.6 Å². The van der Waals surface area contributed by atoms with E-state index >= 15 is 0 Å². The van der Waals surface area contributed by atoms with Gasteiger partial charge >= 0.3 is 5.97 Å². The van der Waals surface area contributed by atoms with E-state index in [4.69, 9.17) is 16.3 Å². The number of nitrogens with zero attached hydrogens (tertiary/aromatic N) is 1. The highest BCUT2D eigenvalue weighted by Crippen LogP contribution is 2.32. The monoisotopic (exact) mass is 435 g/mol. The molecule has 152 valence electrons. The Morgan fingerprint density at radius 2 is 1.69 bits per heavy atom. The summed E-state index contributed by atoms with van der Waals surface area (Å²) in [5, 5.41) is 1.75. The Hall–Kier alpha value is -2.48. The first kappa shape index (κ1) is 21.2. The summed E-state index contributed by atoms with van der Waals surface area (Å²) in [7, 11) is -3.85. The van der Waals surface area contributed by atoms with Gasteiger partial charge in [-0.1, -0.05) is 49.7 Å². The quantitative estimate of drug-likeness (QED) is 0.409. The van der Waals surface area contributed by atoms with Gasteiger partial charge in [0.15, 0.2) is 0 Å². The fraction of sp³-hybridized carbons (Fsp3) is 0.190. The number of rotatable bonds is 6. The summed E-state index contributed by atoms with van der Waals surface area (Å²) < 4.78 is 46.3. The molecule has 0 saturated heterocycles. The van der Waals surface area contributed by atoms with E-state index in [1.165, 1.54) is 10.4 Å². The third-order valence-electron chi connectivity index (χ3n) is 4.53. The van der Waals surface area contributed by atoms with Gasteiger partial charge in [-0.25, -0.2) is 17.6 Å². The molecule has 5 nitrogen and oxygen atoms in total. The molecule has 0 amide bonds. The van der Waals surface area contributed by atoms with Crippen molar-refractivity contribution in [2.45, 2.75) is 18.7 Å². The SMILES string of the molecule is CCN(CC)S(=O)(=O)c1ccc(F)c(C(=O)Oc2ccc(Cl)c3ccccc23)c1. The van der Waals surface area contributed by atoms with E-state index in [9.17, 15) is 17.6 Å². The molecule has 0 saturated carbocycles. The van der Waals surface area contributed by atoms with Gasteiger partial charge in [0, 0.05) is 28.9 Å². The van der Waals surface area contributed by atoms with Crippen molar-refractivity contribution in [2.24, 2.45) is 0 Å². The largest absolute Gasteiger partial charge is 0.422 e. The van der Waals surface area contributed by atoms with Gasteiger partial charge in [0.2, 0.25) is 10.0 Å². The van der Waals surface area contributed by atoms with Crippen LogP contribution in [0.25, 0.3) is 10.8 Å². The second-order valence-electron chi connectivity index (χ2n) is 6.21. The van der Waals surface area contributed by atoms with Crippen LogP contribution in [0.2, 0.25) is 5.02 Å². The molecule has 0 aliphatic carbocycles. The summed E-state index contributed by atoms with van der Waals surface area (Å²) in [5.74, 6) is -1.66. The summed E-state index contributed by atoms with van der Waals surface area (Å²) in [6, 6.07) is 13.2. The van der Waals surface area contributed by atoms with E-state index in [2.05, 4.69) is 0 Å². The molecule has 0 fully saturated rings. The van der Waals surface area contributed by atoms with E-state index < -0.39 is 27.4 Å². The van der Waals surface area contributed by atoms with Gasteiger partial charge in [0.05, 0.1) is 10.5 Å². The Labute approximate surface area is 173 Å². The van der Waals surface area contributed by atoms with Crippen molar-refractivity contribution < 1.29 is 22.3 Å². The van der Waals surface area contributed by atoms with Crippen molar-refractivity contribution >= 4 is 38.4 Å². The van der Waals surface area contributed by atoms with E-state index in [0.29, 0.717) is 15.8 Å². The minimum absolute atomic E-state index is 0.171. The van der Waals surface area contributed by atoms with Gasteiger partial charge in [-0.3, -0.25) is 0 Å². The first-order valence-electron chi connectivity index (χ1n) is 8.98. The standard InChI is InChI=1S/C21H19ClFNO4S/c1-3-24(4-2)29(26,27)14-9-11-19(23)17(13-14)21(25)28-20-12-10-18(22)15-7-5-6-8-16(15)20/h5-13H,3-4H2,1-2H3. The normalized spacial score (nSPS) is 11.8. The van der Waals surface area contributed by atoms with Gasteiger partial charge in [0.25, 0.3) is 0 Å². The molecule has 0 aliphatic heterocycles. The molecule has 3 rings (SSSR count). The number of halogens is 2. The number of fused-ring (bicyclic) bond motifs is 1. The van der Waals surface area contributed by atoms with Crippen LogP contribution in [0.5, 0.6) is 5.75 Å². The minimum atomic E-state index is -3.85. The lowest BCUT2D eigenvalue weighted by atomic mass is 10.1. The van der Waals surface area contributed by atoms with Crippen molar-refractivity contribution in [3.8, 4) is 5.75 Å². The maximum absolute atomic E-state index is 14.3. The van der Waals surface area contributed by atoms with Crippen LogP contribution in [0.15, 0.2) is 59.5 Å². The lowest BCUT2D eigenvalue weighted by Crippen LogP contribution is -2.30. The highest BCUT2D eigenvalue weighted by Gasteiger charge is 2.25. The number of benzene rings is 3. The molecule has 29 heavy (non-hydrogen) atoms. The summed E-state index contributed by atoms with van der Waals surface area (Å²) in [6.07, 6.45) is 0. The van der Waals surface area contributed by atoms with Crippen LogP contribution < -0.4 is 4.74 Å². The third kappa shape index (κ3) is 4.12. The van der Waals surface area contributed by atoms with Crippen molar-refractivity contribution in [1.82, 2.24) is 4.31 Å². The number of hydrogen-bond donors (Lipinski definition) is 0.